The van der Waals surface area contributed by atoms with Gasteiger partial charge in [-0.05, 0) is 36.2 Å². The van der Waals surface area contributed by atoms with Crippen LogP contribution in [0.15, 0.2) is 41.4 Å². The fraction of sp³-hybridized carbons (Fsp3) is 0.312. The van der Waals surface area contributed by atoms with Gasteiger partial charge in [0.25, 0.3) is 0 Å². The minimum atomic E-state index is -3.42. The monoisotopic (exact) mass is 332 g/mol. The molecule has 3 rings (SSSR count). The molecule has 2 heterocycles. The number of nitrogens with one attached hydrogen (secondary N) is 1. The molecular weight excluding hydrogens is 312 g/mol. The van der Waals surface area contributed by atoms with Gasteiger partial charge >= 0.3 is 0 Å². The van der Waals surface area contributed by atoms with E-state index in [1.165, 1.54) is 4.31 Å². The van der Waals surface area contributed by atoms with Crippen LogP contribution in [0.2, 0.25) is 0 Å². The van der Waals surface area contributed by atoms with Crippen molar-refractivity contribution in [3.63, 3.8) is 0 Å². The van der Waals surface area contributed by atoms with Gasteiger partial charge in [0, 0.05) is 37.9 Å². The zero-order valence-corrected chi connectivity index (χ0v) is 13.8. The van der Waals surface area contributed by atoms with Crippen molar-refractivity contribution in [3.05, 3.63) is 42.1 Å². The average molecular weight is 332 g/mol. The average Bonchev–Trinajstić information content (AvgIpc) is 2.56. The molecule has 0 saturated carbocycles. The van der Waals surface area contributed by atoms with E-state index in [2.05, 4.69) is 10.3 Å². The van der Waals surface area contributed by atoms with Gasteiger partial charge in [-0.3, -0.25) is 0 Å². The molecule has 0 aliphatic carbocycles. The fourth-order valence-corrected chi connectivity index (χ4v) is 4.16. The number of nitrogens with two attached hydrogens (primary N) is 1. The summed E-state index contributed by atoms with van der Waals surface area (Å²) < 4.78 is 26.8. The lowest BCUT2D eigenvalue weighted by Crippen LogP contribution is -2.46. The molecule has 1 aromatic carbocycles. The second kappa shape index (κ2) is 6.27. The first kappa shape index (κ1) is 15.9. The van der Waals surface area contributed by atoms with Crippen molar-refractivity contribution in [2.24, 2.45) is 0 Å². The minimum Gasteiger partial charge on any atom is -0.384 e. The molecule has 3 N–H and O–H groups in total. The third-order valence-electron chi connectivity index (χ3n) is 4.01. The van der Waals surface area contributed by atoms with Gasteiger partial charge in [0.05, 0.1) is 4.90 Å². The number of piperazine rings is 1. The molecule has 0 amide bonds. The zero-order chi connectivity index (χ0) is 16.4. The van der Waals surface area contributed by atoms with E-state index in [0.29, 0.717) is 36.9 Å². The normalized spacial score (nSPS) is 16.4. The quantitative estimate of drug-likeness (QED) is 0.883. The van der Waals surface area contributed by atoms with E-state index >= 15 is 0 Å². The van der Waals surface area contributed by atoms with Crippen LogP contribution < -0.4 is 11.1 Å². The second-order valence-electron chi connectivity index (χ2n) is 5.60. The Hall–Kier alpha value is -1.96. The van der Waals surface area contributed by atoms with E-state index in [1.54, 1.807) is 24.4 Å². The molecule has 23 heavy (non-hydrogen) atoms. The fourth-order valence-electron chi connectivity index (χ4n) is 2.72. The topological polar surface area (TPSA) is 88.3 Å². The summed E-state index contributed by atoms with van der Waals surface area (Å²) in [5.74, 6) is 0.476. The SMILES string of the molecule is Cc1cc(N)ncc1-c1ccc(S(=O)(=O)N2CCNCC2)cc1. The Labute approximate surface area is 136 Å². The predicted molar refractivity (Wildman–Crippen MR) is 90.5 cm³/mol. The lowest BCUT2D eigenvalue weighted by atomic mass is 10.0. The van der Waals surface area contributed by atoms with Crippen molar-refractivity contribution in [2.75, 3.05) is 31.9 Å². The molecule has 0 unspecified atom stereocenters. The van der Waals surface area contributed by atoms with Crippen LogP contribution in [0.4, 0.5) is 5.82 Å². The molecule has 0 radical (unpaired) electrons. The predicted octanol–water partition coefficient (Wildman–Crippen LogP) is 1.23. The van der Waals surface area contributed by atoms with Gasteiger partial charge in [0.2, 0.25) is 10.0 Å². The van der Waals surface area contributed by atoms with E-state index in [0.717, 1.165) is 16.7 Å². The summed E-state index contributed by atoms with van der Waals surface area (Å²) in [5.41, 5.74) is 8.55. The van der Waals surface area contributed by atoms with Gasteiger partial charge in [-0.2, -0.15) is 4.31 Å². The van der Waals surface area contributed by atoms with Crippen LogP contribution in [0.1, 0.15) is 5.56 Å². The molecule has 1 fully saturated rings. The Kier molecular flexibility index (Phi) is 4.34. The number of benzene rings is 1. The van der Waals surface area contributed by atoms with Crippen LogP contribution in [0.3, 0.4) is 0 Å². The summed E-state index contributed by atoms with van der Waals surface area (Å²) in [6.07, 6.45) is 1.71. The summed E-state index contributed by atoms with van der Waals surface area (Å²) in [7, 11) is -3.42. The van der Waals surface area contributed by atoms with Crippen molar-refractivity contribution in [1.29, 1.82) is 0 Å². The first-order valence-corrected chi connectivity index (χ1v) is 8.96. The lowest BCUT2D eigenvalue weighted by Gasteiger charge is -2.26. The molecule has 1 aliphatic rings. The summed E-state index contributed by atoms with van der Waals surface area (Å²) in [4.78, 5) is 4.43. The molecule has 0 bridgehead atoms. The molecule has 122 valence electrons. The Morgan fingerprint density at radius 3 is 2.43 bits per heavy atom. The molecule has 6 nitrogen and oxygen atoms in total. The number of nitrogens with zero attached hydrogens (tertiary/aromatic N) is 2. The van der Waals surface area contributed by atoms with Crippen LogP contribution in [0.5, 0.6) is 0 Å². The van der Waals surface area contributed by atoms with E-state index in [1.807, 2.05) is 19.1 Å². The molecule has 0 spiro atoms. The van der Waals surface area contributed by atoms with Crippen LogP contribution in [0.25, 0.3) is 11.1 Å². The summed E-state index contributed by atoms with van der Waals surface area (Å²) >= 11 is 0. The third kappa shape index (κ3) is 3.21. The maximum atomic E-state index is 12.6. The molecular formula is C16H20N4O2S. The molecule has 1 aromatic heterocycles. The largest absolute Gasteiger partial charge is 0.384 e. The summed E-state index contributed by atoms with van der Waals surface area (Å²) in [6.45, 7) is 4.34. The van der Waals surface area contributed by atoms with Gasteiger partial charge in [0.1, 0.15) is 5.82 Å². The van der Waals surface area contributed by atoms with Crippen molar-refractivity contribution in [2.45, 2.75) is 11.8 Å². The highest BCUT2D eigenvalue weighted by Crippen LogP contribution is 2.26. The standard InChI is InChI=1S/C16H20N4O2S/c1-12-10-16(17)19-11-15(12)13-2-4-14(5-3-13)23(21,22)20-8-6-18-7-9-20/h2-5,10-11,18H,6-9H2,1H3,(H2,17,19). The molecule has 1 aliphatic heterocycles. The molecule has 0 atom stereocenters. The minimum absolute atomic E-state index is 0.323. The van der Waals surface area contributed by atoms with Gasteiger partial charge in [-0.1, -0.05) is 12.1 Å². The smallest absolute Gasteiger partial charge is 0.243 e. The Bertz CT molecular complexity index is 797. The van der Waals surface area contributed by atoms with E-state index < -0.39 is 10.0 Å². The second-order valence-corrected chi connectivity index (χ2v) is 7.54. The van der Waals surface area contributed by atoms with Crippen LogP contribution in [-0.4, -0.2) is 43.9 Å². The molecule has 1 saturated heterocycles. The van der Waals surface area contributed by atoms with Crippen molar-refractivity contribution >= 4 is 15.8 Å². The Morgan fingerprint density at radius 2 is 1.83 bits per heavy atom. The van der Waals surface area contributed by atoms with Crippen LogP contribution in [0, 0.1) is 6.92 Å². The van der Waals surface area contributed by atoms with Gasteiger partial charge in [-0.15, -0.1) is 0 Å². The number of rotatable bonds is 3. The number of hydrogen-bond acceptors (Lipinski definition) is 5. The number of aryl methyl sites for hydroxylation is 1. The zero-order valence-electron chi connectivity index (χ0n) is 13.0. The number of aromatic nitrogens is 1. The number of sulfonamides is 1. The number of nitrogen functional groups attached to an aromatic ring is 1. The van der Waals surface area contributed by atoms with Crippen LogP contribution >= 0.6 is 0 Å². The van der Waals surface area contributed by atoms with Crippen molar-refractivity contribution < 1.29 is 8.42 Å². The van der Waals surface area contributed by atoms with Gasteiger partial charge in [0.15, 0.2) is 0 Å². The highest BCUT2D eigenvalue weighted by Gasteiger charge is 2.25. The van der Waals surface area contributed by atoms with Gasteiger partial charge < -0.3 is 11.1 Å². The molecule has 7 heteroatoms. The first-order chi connectivity index (χ1) is 11.0. The maximum absolute atomic E-state index is 12.6. The van der Waals surface area contributed by atoms with E-state index in [9.17, 15) is 8.42 Å². The highest BCUT2D eigenvalue weighted by molar-refractivity contribution is 7.89. The number of anilines is 1. The summed E-state index contributed by atoms with van der Waals surface area (Å²) in [6, 6.07) is 8.75. The first-order valence-electron chi connectivity index (χ1n) is 7.52. The number of hydrogen-bond donors (Lipinski definition) is 2. The number of pyridine rings is 1. The maximum Gasteiger partial charge on any atom is 0.243 e. The summed E-state index contributed by atoms with van der Waals surface area (Å²) in [5, 5.41) is 3.16. The Morgan fingerprint density at radius 1 is 1.17 bits per heavy atom. The lowest BCUT2D eigenvalue weighted by molar-refractivity contribution is 0.360. The van der Waals surface area contributed by atoms with Crippen molar-refractivity contribution in [1.82, 2.24) is 14.6 Å². The van der Waals surface area contributed by atoms with E-state index in [4.69, 9.17) is 5.73 Å². The van der Waals surface area contributed by atoms with Crippen molar-refractivity contribution in [3.8, 4) is 11.1 Å². The van der Waals surface area contributed by atoms with Gasteiger partial charge in [-0.25, -0.2) is 13.4 Å². The van der Waals surface area contributed by atoms with Crippen LogP contribution in [-0.2, 0) is 10.0 Å². The Balaban J connectivity index is 1.89. The molecule has 2 aromatic rings. The highest BCUT2D eigenvalue weighted by atomic mass is 32.2. The van der Waals surface area contributed by atoms with E-state index in [-0.39, 0.29) is 0 Å². The third-order valence-corrected chi connectivity index (χ3v) is 5.92.